The zero-order valence-electron chi connectivity index (χ0n) is 17.4. The summed E-state index contributed by atoms with van der Waals surface area (Å²) < 4.78 is 23.1. The maximum Gasteiger partial charge on any atom is 0.214 e. The summed E-state index contributed by atoms with van der Waals surface area (Å²) in [6.07, 6.45) is 1.84. The van der Waals surface area contributed by atoms with Crippen LogP contribution in [0.5, 0.6) is 5.88 Å². The molecule has 2 saturated heterocycles. The van der Waals surface area contributed by atoms with Gasteiger partial charge in [0.1, 0.15) is 12.7 Å². The fourth-order valence-electron chi connectivity index (χ4n) is 3.93. The van der Waals surface area contributed by atoms with Gasteiger partial charge in [0.2, 0.25) is 5.88 Å². The highest BCUT2D eigenvalue weighted by atomic mass is 16.7. The third kappa shape index (κ3) is 4.89. The summed E-state index contributed by atoms with van der Waals surface area (Å²) in [5.41, 5.74) is 11.2. The highest BCUT2D eigenvalue weighted by Gasteiger charge is 2.33. The zero-order valence-corrected chi connectivity index (χ0v) is 17.4. The Kier molecular flexibility index (Phi) is 5.76. The standard InChI is InChI=1S/C23H30N2O4/c1-15-4-5-18(24)12-20(15)17-10-21(16-6-8-26-9-7-16)25-22(11-17)27-13-19-14-28-23(2,3)29-19/h4-5,10-12,16,19H,6-9,13-14,24H2,1-3H3. The van der Waals surface area contributed by atoms with E-state index in [1.165, 1.54) is 5.56 Å². The Hall–Kier alpha value is -2.15. The largest absolute Gasteiger partial charge is 0.475 e. The first-order valence-electron chi connectivity index (χ1n) is 10.3. The third-order valence-corrected chi connectivity index (χ3v) is 5.52. The van der Waals surface area contributed by atoms with E-state index in [0.29, 0.717) is 25.0 Å². The molecule has 0 saturated carbocycles. The van der Waals surface area contributed by atoms with Crippen LogP contribution in [0.2, 0.25) is 0 Å². The first-order valence-corrected chi connectivity index (χ1v) is 10.3. The van der Waals surface area contributed by atoms with Gasteiger partial charge >= 0.3 is 0 Å². The lowest BCUT2D eigenvalue weighted by Crippen LogP contribution is -2.25. The van der Waals surface area contributed by atoms with E-state index in [4.69, 9.17) is 29.7 Å². The van der Waals surface area contributed by atoms with Crippen molar-refractivity contribution in [3.63, 3.8) is 0 Å². The maximum atomic E-state index is 6.07. The molecule has 4 rings (SSSR count). The second-order valence-corrected chi connectivity index (χ2v) is 8.34. The smallest absolute Gasteiger partial charge is 0.214 e. The second-order valence-electron chi connectivity index (χ2n) is 8.34. The Morgan fingerprint density at radius 2 is 1.97 bits per heavy atom. The Morgan fingerprint density at radius 3 is 2.69 bits per heavy atom. The van der Waals surface area contributed by atoms with Gasteiger partial charge in [0, 0.05) is 36.6 Å². The number of anilines is 1. The van der Waals surface area contributed by atoms with Crippen LogP contribution in [0.4, 0.5) is 5.69 Å². The lowest BCUT2D eigenvalue weighted by molar-refractivity contribution is -0.141. The highest BCUT2D eigenvalue weighted by Crippen LogP contribution is 2.34. The molecule has 2 aliphatic rings. The van der Waals surface area contributed by atoms with Crippen molar-refractivity contribution in [2.24, 2.45) is 0 Å². The van der Waals surface area contributed by atoms with Crippen LogP contribution >= 0.6 is 0 Å². The molecule has 1 aromatic carbocycles. The molecule has 0 aliphatic carbocycles. The number of pyridine rings is 1. The van der Waals surface area contributed by atoms with Gasteiger partial charge in [0.15, 0.2) is 5.79 Å². The normalized spacial score (nSPS) is 22.0. The van der Waals surface area contributed by atoms with Crippen LogP contribution in [0.3, 0.4) is 0 Å². The third-order valence-electron chi connectivity index (χ3n) is 5.52. The van der Waals surface area contributed by atoms with Crippen LogP contribution in [0.25, 0.3) is 11.1 Å². The van der Waals surface area contributed by atoms with Gasteiger partial charge in [-0.15, -0.1) is 0 Å². The topological polar surface area (TPSA) is 75.8 Å². The number of hydrogen-bond donors (Lipinski definition) is 1. The monoisotopic (exact) mass is 398 g/mol. The average molecular weight is 399 g/mol. The minimum absolute atomic E-state index is 0.101. The van der Waals surface area contributed by atoms with Crippen LogP contribution in [0, 0.1) is 6.92 Å². The van der Waals surface area contributed by atoms with Gasteiger partial charge in [-0.2, -0.15) is 0 Å². The number of nitrogen functional groups attached to an aromatic ring is 1. The molecule has 2 fully saturated rings. The van der Waals surface area contributed by atoms with Gasteiger partial charge in [-0.1, -0.05) is 6.07 Å². The quantitative estimate of drug-likeness (QED) is 0.766. The number of aryl methyl sites for hydroxylation is 1. The van der Waals surface area contributed by atoms with Gasteiger partial charge in [0.25, 0.3) is 0 Å². The van der Waals surface area contributed by atoms with E-state index in [0.717, 1.165) is 48.6 Å². The molecule has 3 heterocycles. The Bertz CT molecular complexity index is 862. The summed E-state index contributed by atoms with van der Waals surface area (Å²) in [5, 5.41) is 0. The summed E-state index contributed by atoms with van der Waals surface area (Å²) >= 11 is 0. The van der Waals surface area contributed by atoms with E-state index >= 15 is 0 Å². The Balaban J connectivity index is 1.62. The number of hydrogen-bond acceptors (Lipinski definition) is 6. The lowest BCUT2D eigenvalue weighted by atomic mass is 9.93. The van der Waals surface area contributed by atoms with E-state index in [-0.39, 0.29) is 6.10 Å². The van der Waals surface area contributed by atoms with Crippen molar-refractivity contribution in [2.45, 2.75) is 51.4 Å². The van der Waals surface area contributed by atoms with E-state index in [1.54, 1.807) is 0 Å². The number of ether oxygens (including phenoxy) is 4. The molecule has 2 aromatic rings. The van der Waals surface area contributed by atoms with Crippen LogP contribution in [0.15, 0.2) is 30.3 Å². The molecular formula is C23H30N2O4. The number of benzene rings is 1. The fourth-order valence-corrected chi connectivity index (χ4v) is 3.93. The molecule has 1 unspecified atom stereocenters. The summed E-state index contributed by atoms with van der Waals surface area (Å²) in [6.45, 7) is 8.39. The lowest BCUT2D eigenvalue weighted by Gasteiger charge is -2.23. The maximum absolute atomic E-state index is 6.07. The minimum atomic E-state index is -0.560. The zero-order chi connectivity index (χ0) is 20.4. The molecule has 6 heteroatoms. The molecule has 0 bridgehead atoms. The van der Waals surface area contributed by atoms with Gasteiger partial charge in [-0.3, -0.25) is 0 Å². The minimum Gasteiger partial charge on any atom is -0.475 e. The molecule has 6 nitrogen and oxygen atoms in total. The fraction of sp³-hybridized carbons (Fsp3) is 0.522. The molecule has 0 amide bonds. The molecule has 1 atom stereocenters. The first kappa shape index (κ1) is 20.1. The van der Waals surface area contributed by atoms with E-state index < -0.39 is 5.79 Å². The van der Waals surface area contributed by atoms with Crippen LogP contribution in [-0.4, -0.2) is 43.3 Å². The average Bonchev–Trinajstić information content (AvgIpc) is 3.07. The van der Waals surface area contributed by atoms with Crippen molar-refractivity contribution in [1.29, 1.82) is 0 Å². The summed E-state index contributed by atoms with van der Waals surface area (Å²) in [4.78, 5) is 4.83. The molecule has 2 N–H and O–H groups in total. The predicted octanol–water partition coefficient (Wildman–Crippen LogP) is 4.06. The molecular weight excluding hydrogens is 368 g/mol. The van der Waals surface area contributed by atoms with Gasteiger partial charge < -0.3 is 24.7 Å². The SMILES string of the molecule is Cc1ccc(N)cc1-c1cc(OCC2COC(C)(C)O2)nc(C2CCOCC2)c1. The van der Waals surface area contributed by atoms with E-state index in [2.05, 4.69) is 13.0 Å². The van der Waals surface area contributed by atoms with Crippen LogP contribution in [-0.2, 0) is 14.2 Å². The van der Waals surface area contributed by atoms with Crippen molar-refractivity contribution >= 4 is 5.69 Å². The Morgan fingerprint density at radius 1 is 1.17 bits per heavy atom. The second kappa shape index (κ2) is 8.30. The van der Waals surface area contributed by atoms with Crippen molar-refractivity contribution in [2.75, 3.05) is 32.2 Å². The van der Waals surface area contributed by atoms with Crippen molar-refractivity contribution in [1.82, 2.24) is 4.98 Å². The van der Waals surface area contributed by atoms with Crippen LogP contribution in [0.1, 0.15) is 43.9 Å². The number of rotatable bonds is 5. The predicted molar refractivity (Wildman–Crippen MR) is 112 cm³/mol. The summed E-state index contributed by atoms with van der Waals surface area (Å²) in [7, 11) is 0. The number of aromatic nitrogens is 1. The van der Waals surface area contributed by atoms with E-state index in [9.17, 15) is 0 Å². The Labute approximate surface area is 172 Å². The summed E-state index contributed by atoms with van der Waals surface area (Å²) in [5.74, 6) is 0.423. The van der Waals surface area contributed by atoms with Gasteiger partial charge in [0.05, 0.1) is 6.61 Å². The number of nitrogens with zero attached hydrogens (tertiary/aromatic N) is 1. The van der Waals surface area contributed by atoms with Crippen molar-refractivity contribution in [3.8, 4) is 17.0 Å². The summed E-state index contributed by atoms with van der Waals surface area (Å²) in [6, 6.07) is 10.1. The molecule has 2 aliphatic heterocycles. The van der Waals surface area contributed by atoms with Crippen LogP contribution < -0.4 is 10.5 Å². The molecule has 1 aromatic heterocycles. The highest BCUT2D eigenvalue weighted by molar-refractivity contribution is 5.72. The van der Waals surface area contributed by atoms with E-state index in [1.807, 2.05) is 38.1 Å². The molecule has 0 radical (unpaired) electrons. The van der Waals surface area contributed by atoms with Crippen molar-refractivity contribution < 1.29 is 18.9 Å². The van der Waals surface area contributed by atoms with Gasteiger partial charge in [-0.25, -0.2) is 4.98 Å². The van der Waals surface area contributed by atoms with Gasteiger partial charge in [-0.05, 0) is 68.5 Å². The molecule has 156 valence electrons. The number of nitrogens with two attached hydrogens (primary N) is 1. The molecule has 0 spiro atoms. The van der Waals surface area contributed by atoms with Crippen molar-refractivity contribution in [3.05, 3.63) is 41.6 Å². The first-order chi connectivity index (χ1) is 13.9. The molecule has 29 heavy (non-hydrogen) atoms.